The van der Waals surface area contributed by atoms with Gasteiger partial charge in [0.15, 0.2) is 0 Å². The zero-order valence-corrected chi connectivity index (χ0v) is 14.7. The summed E-state index contributed by atoms with van der Waals surface area (Å²) in [5.74, 6) is 0.453. The predicted octanol–water partition coefficient (Wildman–Crippen LogP) is 2.16. The summed E-state index contributed by atoms with van der Waals surface area (Å²) in [5.41, 5.74) is 13.9. The monoisotopic (exact) mass is 333 g/mol. The summed E-state index contributed by atoms with van der Waals surface area (Å²) < 4.78 is 5.41. The Bertz CT molecular complexity index is 475. The smallest absolute Gasteiger partial charge is 0.303 e. The minimum atomic E-state index is -0.346. The van der Waals surface area contributed by atoms with Gasteiger partial charge < -0.3 is 10.5 Å². The van der Waals surface area contributed by atoms with Crippen LogP contribution in [0, 0.1) is 5.92 Å². The fraction of sp³-hybridized carbons (Fsp3) is 0.632. The molecule has 0 heterocycles. The van der Waals surface area contributed by atoms with Crippen molar-refractivity contribution in [2.75, 3.05) is 13.1 Å². The molecule has 0 aliphatic heterocycles. The van der Waals surface area contributed by atoms with Crippen LogP contribution < -0.4 is 16.6 Å². The average molecular weight is 333 g/mol. The lowest BCUT2D eigenvalue weighted by Crippen LogP contribution is -2.49. The standard InChI is InChI=1S/C19H31N3O2/c1-15(23)24-19(18(20)12-16-8-4-2-5-9-16)14-22-21-13-17-10-6-3-7-11-17/h2,4-5,8-9,17-19,21-22H,3,6-7,10-14,20H2,1H3/t18?,19-/m0/s1. The van der Waals surface area contributed by atoms with E-state index in [0.29, 0.717) is 13.0 Å². The number of rotatable bonds is 9. The molecule has 0 radical (unpaired) electrons. The molecule has 0 amide bonds. The molecular weight excluding hydrogens is 302 g/mol. The van der Waals surface area contributed by atoms with Gasteiger partial charge in [0.2, 0.25) is 0 Å². The van der Waals surface area contributed by atoms with E-state index in [2.05, 4.69) is 10.9 Å². The Balaban J connectivity index is 1.75. The normalized spacial score (nSPS) is 18.1. The molecule has 2 rings (SSSR count). The predicted molar refractivity (Wildman–Crippen MR) is 96.3 cm³/mol. The second kappa shape index (κ2) is 10.4. The largest absolute Gasteiger partial charge is 0.459 e. The van der Waals surface area contributed by atoms with E-state index in [1.807, 2.05) is 30.3 Å². The van der Waals surface area contributed by atoms with E-state index in [1.165, 1.54) is 39.0 Å². The molecule has 24 heavy (non-hydrogen) atoms. The highest BCUT2D eigenvalue weighted by Gasteiger charge is 2.21. The number of nitrogens with one attached hydrogen (secondary N) is 2. The number of carbonyl (C=O) groups is 1. The van der Waals surface area contributed by atoms with Crippen molar-refractivity contribution in [1.29, 1.82) is 0 Å². The van der Waals surface area contributed by atoms with E-state index in [0.717, 1.165) is 18.0 Å². The number of benzene rings is 1. The first-order valence-electron chi connectivity index (χ1n) is 9.07. The molecule has 5 nitrogen and oxygen atoms in total. The Morgan fingerprint density at radius 2 is 1.92 bits per heavy atom. The van der Waals surface area contributed by atoms with Crippen molar-refractivity contribution >= 4 is 5.97 Å². The zero-order valence-electron chi connectivity index (χ0n) is 14.7. The van der Waals surface area contributed by atoms with Gasteiger partial charge in [0.1, 0.15) is 6.10 Å². The maximum Gasteiger partial charge on any atom is 0.303 e. The maximum atomic E-state index is 11.4. The minimum Gasteiger partial charge on any atom is -0.459 e. The Kier molecular flexibility index (Phi) is 8.22. The molecule has 2 atom stereocenters. The highest BCUT2D eigenvalue weighted by atomic mass is 16.5. The van der Waals surface area contributed by atoms with E-state index in [4.69, 9.17) is 10.5 Å². The van der Waals surface area contributed by atoms with Crippen LogP contribution in [0.3, 0.4) is 0 Å². The van der Waals surface area contributed by atoms with E-state index in [1.54, 1.807) is 0 Å². The molecule has 1 aliphatic carbocycles. The third-order valence-corrected chi connectivity index (χ3v) is 4.65. The number of hydrogen-bond acceptors (Lipinski definition) is 5. The molecule has 1 aliphatic rings. The van der Waals surface area contributed by atoms with Gasteiger partial charge in [-0.1, -0.05) is 49.6 Å². The summed E-state index contributed by atoms with van der Waals surface area (Å²) in [6, 6.07) is 9.81. The Morgan fingerprint density at radius 1 is 1.21 bits per heavy atom. The van der Waals surface area contributed by atoms with Gasteiger partial charge in [-0.3, -0.25) is 15.6 Å². The van der Waals surface area contributed by atoms with Crippen LogP contribution in [-0.4, -0.2) is 31.2 Å². The molecule has 1 aromatic rings. The molecule has 0 spiro atoms. The first kappa shape index (κ1) is 18.9. The molecule has 0 bridgehead atoms. The van der Waals surface area contributed by atoms with E-state index >= 15 is 0 Å². The second-order valence-corrected chi connectivity index (χ2v) is 6.77. The van der Waals surface area contributed by atoms with Gasteiger partial charge >= 0.3 is 5.97 Å². The van der Waals surface area contributed by atoms with Crippen molar-refractivity contribution in [3.05, 3.63) is 35.9 Å². The highest BCUT2D eigenvalue weighted by Crippen LogP contribution is 2.22. The fourth-order valence-electron chi connectivity index (χ4n) is 3.29. The number of esters is 1. The van der Waals surface area contributed by atoms with Gasteiger partial charge in [-0.25, -0.2) is 0 Å². The highest BCUT2D eigenvalue weighted by molar-refractivity contribution is 5.66. The molecule has 1 saturated carbocycles. The van der Waals surface area contributed by atoms with Crippen molar-refractivity contribution in [1.82, 2.24) is 10.9 Å². The van der Waals surface area contributed by atoms with Gasteiger partial charge in [0.25, 0.3) is 0 Å². The number of nitrogens with two attached hydrogens (primary N) is 1. The van der Waals surface area contributed by atoms with Crippen molar-refractivity contribution in [3.63, 3.8) is 0 Å². The quantitative estimate of drug-likeness (QED) is 0.367. The number of ether oxygens (including phenoxy) is 1. The molecule has 1 aromatic carbocycles. The Morgan fingerprint density at radius 3 is 2.58 bits per heavy atom. The Labute approximate surface area is 145 Å². The molecular formula is C19H31N3O2. The van der Waals surface area contributed by atoms with Crippen LogP contribution in [0.1, 0.15) is 44.6 Å². The van der Waals surface area contributed by atoms with Crippen molar-refractivity contribution < 1.29 is 9.53 Å². The van der Waals surface area contributed by atoms with Crippen molar-refractivity contribution in [2.24, 2.45) is 11.7 Å². The fourth-order valence-corrected chi connectivity index (χ4v) is 3.29. The molecule has 1 unspecified atom stereocenters. The lowest BCUT2D eigenvalue weighted by Gasteiger charge is -2.26. The average Bonchev–Trinajstić information content (AvgIpc) is 2.59. The van der Waals surface area contributed by atoms with Crippen LogP contribution in [0.25, 0.3) is 0 Å². The van der Waals surface area contributed by atoms with Crippen LogP contribution in [0.5, 0.6) is 0 Å². The summed E-state index contributed by atoms with van der Waals surface area (Å²) in [6.07, 6.45) is 6.98. The molecule has 1 fully saturated rings. The van der Waals surface area contributed by atoms with E-state index < -0.39 is 0 Å². The number of carbonyl (C=O) groups excluding carboxylic acids is 1. The SMILES string of the molecule is CC(=O)O[C@@H](CNNCC1CCCCC1)C(N)Cc1ccccc1. The van der Waals surface area contributed by atoms with Crippen LogP contribution >= 0.6 is 0 Å². The molecule has 0 aromatic heterocycles. The third kappa shape index (κ3) is 6.99. The number of hydrogen-bond donors (Lipinski definition) is 3. The van der Waals surface area contributed by atoms with Crippen LogP contribution in [-0.2, 0) is 16.0 Å². The zero-order chi connectivity index (χ0) is 17.2. The lowest BCUT2D eigenvalue weighted by atomic mass is 9.89. The van der Waals surface area contributed by atoms with Crippen LogP contribution in [0.15, 0.2) is 30.3 Å². The second-order valence-electron chi connectivity index (χ2n) is 6.77. The first-order valence-corrected chi connectivity index (χ1v) is 9.07. The van der Waals surface area contributed by atoms with Gasteiger partial charge in [-0.2, -0.15) is 0 Å². The van der Waals surface area contributed by atoms with Crippen molar-refractivity contribution in [3.8, 4) is 0 Å². The van der Waals surface area contributed by atoms with E-state index in [-0.39, 0.29) is 18.1 Å². The molecule has 5 heteroatoms. The van der Waals surface area contributed by atoms with Crippen LogP contribution in [0.4, 0.5) is 0 Å². The number of hydrazine groups is 1. The summed E-state index contributed by atoms with van der Waals surface area (Å²) in [5, 5.41) is 0. The first-order chi connectivity index (χ1) is 11.6. The minimum absolute atomic E-state index is 0.236. The molecule has 134 valence electrons. The maximum absolute atomic E-state index is 11.4. The molecule has 4 N–H and O–H groups in total. The summed E-state index contributed by atoms with van der Waals surface area (Å²) in [6.45, 7) is 2.90. The topological polar surface area (TPSA) is 76.4 Å². The van der Waals surface area contributed by atoms with Gasteiger partial charge in [0.05, 0.1) is 0 Å². The van der Waals surface area contributed by atoms with Crippen LogP contribution in [0.2, 0.25) is 0 Å². The summed E-state index contributed by atoms with van der Waals surface area (Å²) in [4.78, 5) is 11.4. The van der Waals surface area contributed by atoms with Crippen molar-refractivity contribution in [2.45, 2.75) is 57.6 Å². The Hall–Kier alpha value is -1.43. The molecule has 0 saturated heterocycles. The van der Waals surface area contributed by atoms with Gasteiger partial charge in [-0.15, -0.1) is 0 Å². The summed E-state index contributed by atoms with van der Waals surface area (Å²) in [7, 11) is 0. The summed E-state index contributed by atoms with van der Waals surface area (Å²) >= 11 is 0. The van der Waals surface area contributed by atoms with Gasteiger partial charge in [-0.05, 0) is 30.7 Å². The van der Waals surface area contributed by atoms with E-state index in [9.17, 15) is 4.79 Å². The lowest BCUT2D eigenvalue weighted by molar-refractivity contribution is -0.147. The third-order valence-electron chi connectivity index (χ3n) is 4.65. The van der Waals surface area contributed by atoms with Gasteiger partial charge in [0, 0.05) is 26.1 Å².